The van der Waals surface area contributed by atoms with Crippen LogP contribution in [0.15, 0.2) is 24.3 Å². The van der Waals surface area contributed by atoms with Gasteiger partial charge in [0.05, 0.1) is 84.4 Å². The number of anilines is 1. The molecule has 0 unspecified atom stereocenters. The molecule has 0 spiro atoms. The van der Waals surface area contributed by atoms with Gasteiger partial charge in [0.1, 0.15) is 5.92 Å². The van der Waals surface area contributed by atoms with Crippen LogP contribution in [0.2, 0.25) is 45.2 Å². The van der Waals surface area contributed by atoms with Crippen molar-refractivity contribution in [3.63, 3.8) is 0 Å². The van der Waals surface area contributed by atoms with Crippen LogP contribution in [-0.2, 0) is 0 Å². The van der Waals surface area contributed by atoms with Crippen LogP contribution >= 0.6 is 104 Å². The van der Waals surface area contributed by atoms with Gasteiger partial charge in [0.2, 0.25) is 0 Å². The van der Waals surface area contributed by atoms with Crippen molar-refractivity contribution in [2.24, 2.45) is 0 Å². The van der Waals surface area contributed by atoms with Crippen molar-refractivity contribution in [2.75, 3.05) is 4.90 Å². The standard InChI is InChI=1S/C26H5Cl9N2O4/c27-6-2-4-8(37-25(40)12-13(26(37)41)17(31)21(35)20(34)16(12)30)5-1-3-7(36-22(5)6)9-23(38)10-11(24(9)39)15(29)19(33)18(32)14(10)28/h1-4,9H. The van der Waals surface area contributed by atoms with Crippen LogP contribution < -0.4 is 4.90 Å². The minimum Gasteiger partial charge on any atom is -0.293 e. The van der Waals surface area contributed by atoms with Crippen LogP contribution in [0.4, 0.5) is 5.69 Å². The third-order valence-electron chi connectivity index (χ3n) is 6.73. The first kappa shape index (κ1) is 29.2. The Labute approximate surface area is 274 Å². The molecule has 2 amide bonds. The maximum Gasteiger partial charge on any atom is 0.267 e. The predicted octanol–water partition coefficient (Wildman–Crippen LogP) is 10.1. The summed E-state index contributed by atoms with van der Waals surface area (Å²) in [5, 5.41) is -1.23. The predicted molar refractivity (Wildman–Crippen MR) is 162 cm³/mol. The average Bonchev–Trinajstić information content (AvgIpc) is 3.36. The van der Waals surface area contributed by atoms with Crippen LogP contribution in [0, 0.1) is 0 Å². The number of fused-ring (bicyclic) bond motifs is 3. The fourth-order valence-corrected chi connectivity index (χ4v) is 7.14. The van der Waals surface area contributed by atoms with Gasteiger partial charge in [-0.1, -0.05) is 104 Å². The Morgan fingerprint density at radius 3 is 1.44 bits per heavy atom. The summed E-state index contributed by atoms with van der Waals surface area (Å²) < 4.78 is 0. The third-order valence-corrected chi connectivity index (χ3v) is 10.6. The molecule has 4 aromatic rings. The van der Waals surface area contributed by atoms with Crippen LogP contribution in [0.3, 0.4) is 0 Å². The van der Waals surface area contributed by atoms with E-state index in [-0.39, 0.29) is 89.7 Å². The van der Waals surface area contributed by atoms with E-state index < -0.39 is 29.3 Å². The molecule has 3 aromatic carbocycles. The summed E-state index contributed by atoms with van der Waals surface area (Å²) in [4.78, 5) is 59.0. The number of aromatic nitrogens is 1. The molecule has 6 rings (SSSR count). The molecular formula is C26H5Cl9N2O4. The van der Waals surface area contributed by atoms with Gasteiger partial charge in [-0.15, -0.1) is 0 Å². The van der Waals surface area contributed by atoms with E-state index in [1.165, 1.54) is 24.3 Å². The fraction of sp³-hybridized carbons (Fsp3) is 0.0385. The molecule has 206 valence electrons. The molecule has 0 saturated heterocycles. The monoisotopic (exact) mass is 724 g/mol. The number of ketones is 2. The van der Waals surface area contributed by atoms with E-state index >= 15 is 0 Å². The lowest BCUT2D eigenvalue weighted by atomic mass is 9.98. The van der Waals surface area contributed by atoms with E-state index in [0.29, 0.717) is 0 Å². The van der Waals surface area contributed by atoms with Gasteiger partial charge in [-0.2, -0.15) is 0 Å². The van der Waals surface area contributed by atoms with Gasteiger partial charge >= 0.3 is 0 Å². The van der Waals surface area contributed by atoms with Gasteiger partial charge < -0.3 is 0 Å². The zero-order valence-corrected chi connectivity index (χ0v) is 26.1. The minimum atomic E-state index is -1.43. The highest BCUT2D eigenvalue weighted by atomic mass is 35.5. The van der Waals surface area contributed by atoms with Crippen molar-refractivity contribution < 1.29 is 19.2 Å². The number of hydrogen-bond donors (Lipinski definition) is 0. The van der Waals surface area contributed by atoms with Gasteiger partial charge in [0, 0.05) is 5.39 Å². The number of amides is 2. The van der Waals surface area contributed by atoms with Gasteiger partial charge in [-0.3, -0.25) is 19.2 Å². The molecule has 0 fully saturated rings. The summed E-state index contributed by atoms with van der Waals surface area (Å²) in [7, 11) is 0. The quantitative estimate of drug-likeness (QED) is 0.0888. The van der Waals surface area contributed by atoms with Crippen LogP contribution in [0.25, 0.3) is 10.9 Å². The number of carbonyl (C=O) groups is 4. The molecule has 0 radical (unpaired) electrons. The molecule has 1 aliphatic heterocycles. The smallest absolute Gasteiger partial charge is 0.267 e. The van der Waals surface area contributed by atoms with E-state index in [1.54, 1.807) is 0 Å². The number of halogens is 9. The number of nitrogens with zero attached hydrogens (tertiary/aromatic N) is 2. The number of Topliss-reactive ketones (excluding diaryl/α,β-unsaturated/α-hetero) is 2. The van der Waals surface area contributed by atoms with Crippen molar-refractivity contribution in [1.29, 1.82) is 0 Å². The number of carbonyl (C=O) groups excluding carboxylic acids is 4. The molecule has 0 atom stereocenters. The lowest BCUT2D eigenvalue weighted by Crippen LogP contribution is -2.29. The maximum atomic E-state index is 13.5. The Balaban J connectivity index is 1.50. The van der Waals surface area contributed by atoms with E-state index in [9.17, 15) is 19.2 Å². The molecule has 6 nitrogen and oxygen atoms in total. The summed E-state index contributed by atoms with van der Waals surface area (Å²) in [6, 6.07) is 5.65. The molecule has 2 heterocycles. The van der Waals surface area contributed by atoms with E-state index in [2.05, 4.69) is 4.98 Å². The maximum absolute atomic E-state index is 13.5. The SMILES string of the molecule is O=C1c2c(Cl)c(Cl)c(Cl)c(Cl)c2C(=O)C1c1ccc2c(N3C(=O)c4c(Cl)c(Cl)c(Cl)c(Cl)c4C3=O)ccc(Cl)c2n1. The third kappa shape index (κ3) is 3.97. The van der Waals surface area contributed by atoms with Crippen molar-refractivity contribution in [1.82, 2.24) is 4.98 Å². The van der Waals surface area contributed by atoms with Crippen molar-refractivity contribution in [3.8, 4) is 0 Å². The zero-order valence-electron chi connectivity index (χ0n) is 19.3. The highest BCUT2D eigenvalue weighted by molar-refractivity contribution is 6.57. The molecule has 1 aliphatic carbocycles. The normalized spacial score (nSPS) is 15.0. The topological polar surface area (TPSA) is 84.4 Å². The summed E-state index contributed by atoms with van der Waals surface area (Å²) in [5.41, 5.74) is -0.596. The summed E-state index contributed by atoms with van der Waals surface area (Å²) >= 11 is 55.9. The van der Waals surface area contributed by atoms with Gasteiger partial charge in [0.25, 0.3) is 11.8 Å². The number of pyridine rings is 1. The molecule has 15 heteroatoms. The van der Waals surface area contributed by atoms with Crippen LogP contribution in [0.5, 0.6) is 0 Å². The van der Waals surface area contributed by atoms with E-state index in [1.807, 2.05) is 0 Å². The molecule has 0 N–H and O–H groups in total. The lowest BCUT2D eigenvalue weighted by molar-refractivity contribution is 0.0882. The summed E-state index contributed by atoms with van der Waals surface area (Å²) in [5.74, 6) is -4.42. The second-order valence-electron chi connectivity index (χ2n) is 8.82. The minimum absolute atomic E-state index is 0.00846. The van der Waals surface area contributed by atoms with Crippen molar-refractivity contribution in [3.05, 3.63) is 97.4 Å². The number of benzene rings is 3. The Morgan fingerprint density at radius 2 is 0.976 bits per heavy atom. The first-order chi connectivity index (χ1) is 19.3. The highest BCUT2D eigenvalue weighted by Crippen LogP contribution is 2.49. The van der Waals surface area contributed by atoms with E-state index in [4.69, 9.17) is 104 Å². The number of hydrogen-bond acceptors (Lipinski definition) is 5. The Bertz CT molecular complexity index is 1900. The molecule has 0 saturated carbocycles. The molecule has 2 aliphatic rings. The summed E-state index contributed by atoms with van der Waals surface area (Å²) in [6.07, 6.45) is 0. The second-order valence-corrected chi connectivity index (χ2v) is 12.2. The highest BCUT2D eigenvalue weighted by Gasteiger charge is 2.46. The number of imide groups is 1. The summed E-state index contributed by atoms with van der Waals surface area (Å²) in [6.45, 7) is 0. The lowest BCUT2D eigenvalue weighted by Gasteiger charge is -2.18. The fourth-order valence-electron chi connectivity index (χ4n) is 4.88. The second kappa shape index (κ2) is 10.1. The van der Waals surface area contributed by atoms with Crippen LogP contribution in [-0.4, -0.2) is 28.4 Å². The molecular weight excluding hydrogens is 723 g/mol. The molecule has 1 aromatic heterocycles. The number of rotatable bonds is 2. The first-order valence-electron chi connectivity index (χ1n) is 11.1. The average molecular weight is 728 g/mol. The largest absolute Gasteiger partial charge is 0.293 e. The van der Waals surface area contributed by atoms with Crippen molar-refractivity contribution in [2.45, 2.75) is 5.92 Å². The Hall–Kier alpha value is -1.84. The Morgan fingerprint density at radius 1 is 0.537 bits per heavy atom. The molecule has 41 heavy (non-hydrogen) atoms. The van der Waals surface area contributed by atoms with Gasteiger partial charge in [0.15, 0.2) is 11.6 Å². The zero-order chi connectivity index (χ0) is 29.8. The Kier molecular flexibility index (Phi) is 7.22. The first-order valence-corrected chi connectivity index (χ1v) is 14.5. The van der Waals surface area contributed by atoms with E-state index in [0.717, 1.165) is 4.90 Å². The molecule has 0 bridgehead atoms. The van der Waals surface area contributed by atoms with Crippen LogP contribution in [0.1, 0.15) is 53.0 Å². The van der Waals surface area contributed by atoms with Crippen molar-refractivity contribution >= 4 is 144 Å². The van der Waals surface area contributed by atoms with Gasteiger partial charge in [-0.25, -0.2) is 9.88 Å². The van der Waals surface area contributed by atoms with Gasteiger partial charge in [-0.05, 0) is 24.3 Å².